The first-order valence-corrected chi connectivity index (χ1v) is 5.21. The van der Waals surface area contributed by atoms with E-state index in [4.69, 9.17) is 9.39 Å². The fourth-order valence-corrected chi connectivity index (χ4v) is 1.60. The van der Waals surface area contributed by atoms with E-state index in [-0.39, 0.29) is 5.78 Å². The molecule has 1 heterocycles. The minimum absolute atomic E-state index is 0.101. The van der Waals surface area contributed by atoms with Gasteiger partial charge in [0.2, 0.25) is 0 Å². The van der Waals surface area contributed by atoms with Gasteiger partial charge in [-0.25, -0.2) is 0 Å². The highest BCUT2D eigenvalue weighted by Gasteiger charge is 2.27. The quantitative estimate of drug-likeness (QED) is 0.739. The molecule has 1 N–H and O–H groups in total. The van der Waals surface area contributed by atoms with Gasteiger partial charge in [0.05, 0.1) is 13.2 Å². The van der Waals surface area contributed by atoms with E-state index in [1.807, 2.05) is 12.1 Å². The molecule has 0 unspecified atom stereocenters. The molecule has 0 bridgehead atoms. The summed E-state index contributed by atoms with van der Waals surface area (Å²) in [6.07, 6.45) is 0.399. The Bertz CT molecular complexity index is 405. The van der Waals surface area contributed by atoms with Crippen LogP contribution in [0.3, 0.4) is 0 Å². The molecular weight excluding hydrogens is 207 g/mol. The van der Waals surface area contributed by atoms with Gasteiger partial charge in [0.25, 0.3) is 0 Å². The zero-order chi connectivity index (χ0) is 11.5. The van der Waals surface area contributed by atoms with Gasteiger partial charge in [0, 0.05) is 6.42 Å². The molecule has 0 aromatic heterocycles. The van der Waals surface area contributed by atoms with Gasteiger partial charge in [-0.15, -0.1) is 0 Å². The normalized spacial score (nSPS) is 13.8. The maximum atomic E-state index is 10.7. The average molecular weight is 220 g/mol. The van der Waals surface area contributed by atoms with Crippen LogP contribution in [0.1, 0.15) is 18.9 Å². The average Bonchev–Trinajstić information content (AvgIpc) is 2.60. The summed E-state index contributed by atoms with van der Waals surface area (Å²) in [5, 5.41) is 9.49. The van der Waals surface area contributed by atoms with Crippen molar-refractivity contribution in [2.75, 3.05) is 6.61 Å². The molecule has 4 nitrogen and oxygen atoms in total. The van der Waals surface area contributed by atoms with E-state index in [2.05, 4.69) is 0 Å². The summed E-state index contributed by atoms with van der Waals surface area (Å²) in [5.74, 6) is 0.758. The Morgan fingerprint density at radius 1 is 1.62 bits per heavy atom. The molecule has 0 aliphatic carbocycles. The highest BCUT2D eigenvalue weighted by atomic mass is 16.5. The van der Waals surface area contributed by atoms with E-state index in [1.165, 1.54) is 6.92 Å². The van der Waals surface area contributed by atoms with Crippen molar-refractivity contribution < 1.29 is 19.2 Å². The molecule has 0 atom stereocenters. The van der Waals surface area contributed by atoms with Gasteiger partial charge < -0.3 is 14.4 Å². The van der Waals surface area contributed by atoms with E-state index < -0.39 is 7.12 Å². The SMILES string of the molecule is CC(=O)CCOc1ccc2c(c1)B(O)OC2. The van der Waals surface area contributed by atoms with Gasteiger partial charge in [-0.3, -0.25) is 4.79 Å². The van der Waals surface area contributed by atoms with Crippen LogP contribution in [0.5, 0.6) is 5.75 Å². The minimum atomic E-state index is -0.855. The number of benzene rings is 1. The third kappa shape index (κ3) is 2.43. The van der Waals surface area contributed by atoms with Crippen molar-refractivity contribution in [2.45, 2.75) is 20.0 Å². The number of carbonyl (C=O) groups is 1. The molecule has 16 heavy (non-hydrogen) atoms. The maximum absolute atomic E-state index is 10.7. The van der Waals surface area contributed by atoms with Crippen molar-refractivity contribution in [3.8, 4) is 5.75 Å². The van der Waals surface area contributed by atoms with Crippen molar-refractivity contribution in [2.24, 2.45) is 0 Å². The van der Waals surface area contributed by atoms with Crippen molar-refractivity contribution >= 4 is 18.4 Å². The molecule has 0 saturated heterocycles. The molecule has 5 heteroatoms. The Morgan fingerprint density at radius 3 is 3.19 bits per heavy atom. The summed E-state index contributed by atoms with van der Waals surface area (Å²) >= 11 is 0. The van der Waals surface area contributed by atoms with E-state index in [9.17, 15) is 9.82 Å². The molecule has 1 aliphatic rings. The number of rotatable bonds is 4. The van der Waals surface area contributed by atoms with Gasteiger partial charge in [-0.2, -0.15) is 0 Å². The standard InChI is InChI=1S/C11H13BO4/c1-8(13)4-5-15-10-3-2-9-7-16-12(14)11(9)6-10/h2-3,6,14H,4-5,7H2,1H3. The van der Waals surface area contributed by atoms with Crippen LogP contribution in [0.25, 0.3) is 0 Å². The van der Waals surface area contributed by atoms with Crippen LogP contribution in [0, 0.1) is 0 Å². The van der Waals surface area contributed by atoms with Crippen molar-refractivity contribution in [1.82, 2.24) is 0 Å². The van der Waals surface area contributed by atoms with E-state index in [1.54, 1.807) is 6.07 Å². The van der Waals surface area contributed by atoms with Crippen molar-refractivity contribution in [3.63, 3.8) is 0 Å². The molecule has 1 aromatic carbocycles. The van der Waals surface area contributed by atoms with Crippen LogP contribution >= 0.6 is 0 Å². The molecule has 0 saturated carbocycles. The highest BCUT2D eigenvalue weighted by Crippen LogP contribution is 2.16. The Labute approximate surface area is 94.3 Å². The predicted molar refractivity (Wildman–Crippen MR) is 59.6 cm³/mol. The first-order valence-electron chi connectivity index (χ1n) is 5.21. The molecule has 0 amide bonds. The lowest BCUT2D eigenvalue weighted by Crippen LogP contribution is -2.28. The number of ketones is 1. The number of carbonyl (C=O) groups excluding carboxylic acids is 1. The van der Waals surface area contributed by atoms with Crippen molar-refractivity contribution in [1.29, 1.82) is 0 Å². The second kappa shape index (κ2) is 4.68. The van der Waals surface area contributed by atoms with Gasteiger partial charge in [-0.05, 0) is 30.1 Å². The summed E-state index contributed by atoms with van der Waals surface area (Å²) in [7, 11) is -0.855. The Morgan fingerprint density at radius 2 is 2.44 bits per heavy atom. The van der Waals surface area contributed by atoms with Crippen LogP contribution in [-0.4, -0.2) is 24.5 Å². The molecule has 0 fully saturated rings. The lowest BCUT2D eigenvalue weighted by Gasteiger charge is -2.06. The zero-order valence-corrected chi connectivity index (χ0v) is 9.10. The first kappa shape index (κ1) is 11.2. The number of fused-ring (bicyclic) bond motifs is 1. The van der Waals surface area contributed by atoms with Crippen LogP contribution in [-0.2, 0) is 16.1 Å². The number of ether oxygens (including phenoxy) is 1. The molecule has 0 spiro atoms. The topological polar surface area (TPSA) is 55.8 Å². The molecule has 0 radical (unpaired) electrons. The summed E-state index contributed by atoms with van der Waals surface area (Å²) < 4.78 is 10.5. The second-order valence-electron chi connectivity index (χ2n) is 3.82. The van der Waals surface area contributed by atoms with Crippen LogP contribution < -0.4 is 10.2 Å². The third-order valence-electron chi connectivity index (χ3n) is 2.50. The zero-order valence-electron chi connectivity index (χ0n) is 9.10. The van der Waals surface area contributed by atoms with Gasteiger partial charge in [0.1, 0.15) is 11.5 Å². The van der Waals surface area contributed by atoms with Crippen molar-refractivity contribution in [3.05, 3.63) is 23.8 Å². The molecule has 1 aliphatic heterocycles. The highest BCUT2D eigenvalue weighted by molar-refractivity contribution is 6.61. The van der Waals surface area contributed by atoms with Gasteiger partial charge in [-0.1, -0.05) is 6.07 Å². The molecular formula is C11H13BO4. The van der Waals surface area contributed by atoms with Crippen LogP contribution in [0.2, 0.25) is 0 Å². The monoisotopic (exact) mass is 220 g/mol. The predicted octanol–water partition coefficient (Wildman–Crippen LogP) is 0.262. The fourth-order valence-electron chi connectivity index (χ4n) is 1.60. The summed E-state index contributed by atoms with van der Waals surface area (Å²) in [6, 6.07) is 5.45. The van der Waals surface area contributed by atoms with Gasteiger partial charge in [0.15, 0.2) is 0 Å². The Kier molecular flexibility index (Phi) is 3.26. The Hall–Kier alpha value is -1.33. The fraction of sp³-hybridized carbons (Fsp3) is 0.364. The smallest absolute Gasteiger partial charge is 0.491 e. The summed E-state index contributed by atoms with van der Waals surface area (Å²) in [4.78, 5) is 10.7. The summed E-state index contributed by atoms with van der Waals surface area (Å²) in [6.45, 7) is 2.33. The molecule has 2 rings (SSSR count). The summed E-state index contributed by atoms with van der Waals surface area (Å²) in [5.41, 5.74) is 1.73. The van der Waals surface area contributed by atoms with Crippen LogP contribution in [0.15, 0.2) is 18.2 Å². The number of hydrogen-bond acceptors (Lipinski definition) is 4. The number of Topliss-reactive ketones (excluding diaryl/α,β-unsaturated/α-hetero) is 1. The number of hydrogen-bond donors (Lipinski definition) is 1. The minimum Gasteiger partial charge on any atom is -0.493 e. The molecule has 84 valence electrons. The van der Waals surface area contributed by atoms with E-state index in [0.29, 0.717) is 25.4 Å². The Balaban J connectivity index is 2.01. The second-order valence-corrected chi connectivity index (χ2v) is 3.82. The molecule has 1 aromatic rings. The van der Waals surface area contributed by atoms with Gasteiger partial charge >= 0.3 is 7.12 Å². The first-order chi connectivity index (χ1) is 7.66. The lowest BCUT2D eigenvalue weighted by atomic mass is 9.79. The van der Waals surface area contributed by atoms with Crippen LogP contribution in [0.4, 0.5) is 0 Å². The van der Waals surface area contributed by atoms with E-state index >= 15 is 0 Å². The van der Waals surface area contributed by atoms with E-state index in [0.717, 1.165) is 11.0 Å². The maximum Gasteiger partial charge on any atom is 0.491 e. The largest absolute Gasteiger partial charge is 0.493 e. The third-order valence-corrected chi connectivity index (χ3v) is 2.50. The lowest BCUT2D eigenvalue weighted by molar-refractivity contribution is -0.117.